The highest BCUT2D eigenvalue weighted by atomic mass is 19.1. The van der Waals surface area contributed by atoms with E-state index in [4.69, 9.17) is 4.74 Å². The first-order chi connectivity index (χ1) is 14.1. The number of halogens is 1. The predicted molar refractivity (Wildman–Crippen MR) is 104 cm³/mol. The number of aromatic hydroxyl groups is 1. The summed E-state index contributed by atoms with van der Waals surface area (Å²) in [5.74, 6) is -0.572. The Morgan fingerprint density at radius 3 is 2.76 bits per heavy atom. The van der Waals surface area contributed by atoms with Crippen LogP contribution in [0.25, 0.3) is 11.3 Å². The Labute approximate surface area is 166 Å². The average Bonchev–Trinajstić information content (AvgIpc) is 3.43. The summed E-state index contributed by atoms with van der Waals surface area (Å²) in [5.41, 5.74) is 2.26. The van der Waals surface area contributed by atoms with Crippen molar-refractivity contribution in [3.8, 4) is 17.0 Å². The lowest BCUT2D eigenvalue weighted by molar-refractivity contribution is 0.0492. The molecule has 0 unspecified atom stereocenters. The largest absolute Gasteiger partial charge is 0.507 e. The molecule has 148 valence electrons. The number of aromatic amines is 1. The molecule has 29 heavy (non-hydrogen) atoms. The Hall–Kier alpha value is -3.19. The number of hydrogen-bond acceptors (Lipinski definition) is 4. The van der Waals surface area contributed by atoms with Crippen LogP contribution in [0, 0.1) is 5.82 Å². The summed E-state index contributed by atoms with van der Waals surface area (Å²) in [7, 11) is 0. The van der Waals surface area contributed by atoms with Crippen molar-refractivity contribution >= 4 is 5.91 Å². The number of fused-ring (bicyclic) bond motifs is 1. The van der Waals surface area contributed by atoms with Crippen molar-refractivity contribution in [3.05, 3.63) is 71.2 Å². The highest BCUT2D eigenvalue weighted by molar-refractivity contribution is 6.00. The van der Waals surface area contributed by atoms with E-state index in [2.05, 4.69) is 10.2 Å². The molecular weight excluding hydrogens is 373 g/mol. The summed E-state index contributed by atoms with van der Waals surface area (Å²) < 4.78 is 20.6. The maximum Gasteiger partial charge on any atom is 0.273 e. The summed E-state index contributed by atoms with van der Waals surface area (Å²) in [5, 5.41) is 17.5. The van der Waals surface area contributed by atoms with Crippen LogP contribution in [-0.2, 0) is 4.74 Å². The van der Waals surface area contributed by atoms with Crippen molar-refractivity contribution in [3.63, 3.8) is 0 Å². The number of amides is 1. The van der Waals surface area contributed by atoms with Crippen LogP contribution in [0.15, 0.2) is 48.5 Å². The molecule has 2 aliphatic heterocycles. The highest BCUT2D eigenvalue weighted by Gasteiger charge is 2.44. The molecule has 0 spiro atoms. The van der Waals surface area contributed by atoms with Crippen LogP contribution in [0.5, 0.6) is 5.75 Å². The van der Waals surface area contributed by atoms with Crippen LogP contribution >= 0.6 is 0 Å². The number of H-pyrrole nitrogens is 1. The second-order valence-electron chi connectivity index (χ2n) is 7.39. The second kappa shape index (κ2) is 7.00. The maximum atomic E-state index is 14.8. The van der Waals surface area contributed by atoms with E-state index in [1.807, 2.05) is 0 Å². The molecule has 2 atom stereocenters. The zero-order chi connectivity index (χ0) is 20.0. The summed E-state index contributed by atoms with van der Waals surface area (Å²) in [6.07, 6.45) is 1.75. The van der Waals surface area contributed by atoms with E-state index >= 15 is 0 Å². The first-order valence-corrected chi connectivity index (χ1v) is 9.68. The van der Waals surface area contributed by atoms with Gasteiger partial charge in [-0.1, -0.05) is 30.3 Å². The van der Waals surface area contributed by atoms with Gasteiger partial charge in [-0.15, -0.1) is 0 Å². The minimum atomic E-state index is -0.642. The van der Waals surface area contributed by atoms with Crippen molar-refractivity contribution in [2.75, 3.05) is 13.2 Å². The number of nitrogens with one attached hydrogen (secondary N) is 1. The molecule has 2 N–H and O–H groups in total. The van der Waals surface area contributed by atoms with Crippen LogP contribution < -0.4 is 0 Å². The van der Waals surface area contributed by atoms with Crippen LogP contribution in [0.1, 0.15) is 40.5 Å². The number of rotatable bonds is 4. The Morgan fingerprint density at radius 2 is 2.00 bits per heavy atom. The third kappa shape index (κ3) is 2.89. The molecule has 3 aromatic rings. The Kier molecular flexibility index (Phi) is 4.32. The number of ether oxygens (including phenoxy) is 1. The fourth-order valence-electron chi connectivity index (χ4n) is 4.29. The van der Waals surface area contributed by atoms with Gasteiger partial charge in [0.2, 0.25) is 0 Å². The zero-order valence-corrected chi connectivity index (χ0v) is 15.6. The number of phenolic OH excluding ortho intramolecular Hbond substituents is 1. The number of phenols is 1. The number of carbonyl (C=O) groups excluding carboxylic acids is 1. The quantitative estimate of drug-likeness (QED) is 0.709. The van der Waals surface area contributed by atoms with E-state index in [9.17, 15) is 14.3 Å². The number of para-hydroxylation sites is 1. The van der Waals surface area contributed by atoms with Gasteiger partial charge >= 0.3 is 0 Å². The van der Waals surface area contributed by atoms with Gasteiger partial charge in [0.25, 0.3) is 5.91 Å². The van der Waals surface area contributed by atoms with Gasteiger partial charge in [0.1, 0.15) is 23.0 Å². The van der Waals surface area contributed by atoms with E-state index in [-0.39, 0.29) is 23.6 Å². The third-order valence-electron chi connectivity index (χ3n) is 5.65. The first kappa shape index (κ1) is 17.9. The summed E-state index contributed by atoms with van der Waals surface area (Å²) >= 11 is 0. The van der Waals surface area contributed by atoms with Crippen molar-refractivity contribution < 1.29 is 19.0 Å². The molecule has 2 aliphatic rings. The summed E-state index contributed by atoms with van der Waals surface area (Å²) in [4.78, 5) is 14.9. The number of carbonyl (C=O) groups is 1. The predicted octanol–water partition coefficient (Wildman–Crippen LogP) is 3.65. The van der Waals surface area contributed by atoms with E-state index < -0.39 is 6.04 Å². The zero-order valence-electron chi connectivity index (χ0n) is 15.6. The van der Waals surface area contributed by atoms with Gasteiger partial charge in [0, 0.05) is 29.8 Å². The third-order valence-corrected chi connectivity index (χ3v) is 5.65. The second-order valence-corrected chi connectivity index (χ2v) is 7.39. The van der Waals surface area contributed by atoms with Gasteiger partial charge in [-0.05, 0) is 31.0 Å². The molecule has 3 heterocycles. The van der Waals surface area contributed by atoms with Gasteiger partial charge < -0.3 is 14.7 Å². The molecule has 0 saturated carbocycles. The standard InChI is InChI=1S/C22H20FN3O3/c23-16-9-3-1-7-14(16)21-18-19(15-8-2-4-10-17(15)27)24-25-20(18)22(28)26(21)12-13-6-5-11-29-13/h1-4,7-10,13,21,27H,5-6,11-12H2,(H,24,25)/t13-,21+/m1/s1. The molecular formula is C22H20FN3O3. The van der Waals surface area contributed by atoms with Gasteiger partial charge in [0.05, 0.1) is 12.1 Å². The summed E-state index contributed by atoms with van der Waals surface area (Å²) in [6, 6.07) is 12.6. The minimum Gasteiger partial charge on any atom is -0.507 e. The van der Waals surface area contributed by atoms with Crippen molar-refractivity contribution in [1.82, 2.24) is 15.1 Å². The molecule has 1 amide bonds. The SMILES string of the molecule is O=C1c2[nH]nc(-c3ccccc3O)c2[C@H](c2ccccc2F)N1C[C@H]1CCCO1. The fourth-order valence-corrected chi connectivity index (χ4v) is 4.29. The maximum absolute atomic E-state index is 14.8. The molecule has 2 aromatic carbocycles. The lowest BCUT2D eigenvalue weighted by atomic mass is 9.95. The average molecular weight is 393 g/mol. The summed E-state index contributed by atoms with van der Waals surface area (Å²) in [6.45, 7) is 1.05. The lowest BCUT2D eigenvalue weighted by Crippen LogP contribution is -2.36. The van der Waals surface area contributed by atoms with E-state index in [0.29, 0.717) is 41.2 Å². The minimum absolute atomic E-state index is 0.0547. The lowest BCUT2D eigenvalue weighted by Gasteiger charge is -2.28. The number of hydrogen-bond donors (Lipinski definition) is 2. The molecule has 1 fully saturated rings. The number of nitrogens with zero attached hydrogens (tertiary/aromatic N) is 2. The van der Waals surface area contributed by atoms with Gasteiger partial charge in [-0.3, -0.25) is 9.89 Å². The van der Waals surface area contributed by atoms with E-state index in [0.717, 1.165) is 12.8 Å². The molecule has 0 aliphatic carbocycles. The molecule has 1 saturated heterocycles. The van der Waals surface area contributed by atoms with Crippen molar-refractivity contribution in [2.45, 2.75) is 25.0 Å². The molecule has 0 radical (unpaired) electrons. The number of aromatic nitrogens is 2. The Morgan fingerprint density at radius 1 is 1.21 bits per heavy atom. The first-order valence-electron chi connectivity index (χ1n) is 9.68. The number of benzene rings is 2. The van der Waals surface area contributed by atoms with Crippen LogP contribution in [0.3, 0.4) is 0 Å². The van der Waals surface area contributed by atoms with Gasteiger partial charge in [-0.2, -0.15) is 5.10 Å². The molecule has 1 aromatic heterocycles. The molecule has 7 heteroatoms. The van der Waals surface area contributed by atoms with Gasteiger partial charge in [0.15, 0.2) is 0 Å². The van der Waals surface area contributed by atoms with E-state index in [1.165, 1.54) is 6.07 Å². The van der Waals surface area contributed by atoms with E-state index in [1.54, 1.807) is 47.4 Å². The molecule has 0 bridgehead atoms. The smallest absolute Gasteiger partial charge is 0.273 e. The van der Waals surface area contributed by atoms with Gasteiger partial charge in [-0.25, -0.2) is 4.39 Å². The fraction of sp³-hybridized carbons (Fsp3) is 0.273. The molecule has 6 nitrogen and oxygen atoms in total. The topological polar surface area (TPSA) is 78.5 Å². The van der Waals surface area contributed by atoms with Crippen LogP contribution in [-0.4, -0.2) is 45.4 Å². The normalized spacial score (nSPS) is 21.0. The monoisotopic (exact) mass is 393 g/mol. The Bertz CT molecular complexity index is 1070. The Balaban J connectivity index is 1.66. The van der Waals surface area contributed by atoms with Crippen molar-refractivity contribution in [2.24, 2.45) is 0 Å². The highest BCUT2D eigenvalue weighted by Crippen LogP contribution is 2.45. The van der Waals surface area contributed by atoms with Crippen LogP contribution in [0.4, 0.5) is 4.39 Å². The van der Waals surface area contributed by atoms with Crippen molar-refractivity contribution in [1.29, 1.82) is 0 Å². The van der Waals surface area contributed by atoms with Crippen LogP contribution in [0.2, 0.25) is 0 Å². The molecule has 5 rings (SSSR count).